The number of aliphatic hydroxyl groups is 4. The highest BCUT2D eigenvalue weighted by molar-refractivity contribution is 7.72. The summed E-state index contributed by atoms with van der Waals surface area (Å²) in [5.74, 6) is -7.14. The van der Waals surface area contributed by atoms with Crippen molar-refractivity contribution in [3.63, 3.8) is 0 Å². The molecule has 2 aromatic rings. The third kappa shape index (κ3) is 14.1. The van der Waals surface area contributed by atoms with Crippen molar-refractivity contribution < 1.29 is 140 Å². The number of aromatic amines is 1. The average Bonchev–Trinajstić information content (AvgIpc) is 3.46. The molecular weight excluding hydrogens is 1110 g/mol. The predicted molar refractivity (Wildman–Crippen MR) is 205 cm³/mol. The lowest BCUT2D eigenvalue weighted by Crippen LogP contribution is -2.50. The fourth-order valence-electron chi connectivity index (χ4n) is 4.88. The third-order valence-electron chi connectivity index (χ3n) is 7.53. The minimum atomic E-state index is -5.93. The van der Waals surface area contributed by atoms with Crippen LogP contribution in [0.15, 0.2) is 12.4 Å². The highest BCUT2D eigenvalue weighted by Gasteiger charge is 2.67. The number of anilines is 1. The second-order valence-electron chi connectivity index (χ2n) is 12.3. The van der Waals surface area contributed by atoms with Gasteiger partial charge < -0.3 is 79.8 Å². The Labute approximate surface area is 377 Å². The van der Waals surface area contributed by atoms with Gasteiger partial charge in [-0.2, -0.15) is 22.2 Å². The lowest BCUT2D eigenvalue weighted by atomic mass is 9.94. The van der Waals surface area contributed by atoms with Crippen LogP contribution in [0.4, 0.5) is 23.4 Å². The van der Waals surface area contributed by atoms with Crippen LogP contribution in [0.1, 0.15) is 12.5 Å². The van der Waals surface area contributed by atoms with E-state index in [2.05, 4.69) is 48.5 Å². The first-order chi connectivity index (χ1) is 29.5. The van der Waals surface area contributed by atoms with Gasteiger partial charge in [0.15, 0.2) is 46.9 Å². The smallest absolute Gasteiger partial charge is 0.383 e. The topological polar surface area (TPSA) is 484 Å². The molecule has 44 heteroatoms. The first-order valence-corrected chi connectivity index (χ1v) is 25.9. The van der Waals surface area contributed by atoms with Gasteiger partial charge in [-0.15, -0.1) is 12.8 Å². The second-order valence-corrected chi connectivity index (χ2v) is 22.3. The molecule has 4 rings (SSSR count). The number of aliphatic hydroxyl groups excluding tert-OH is 2. The summed E-state index contributed by atoms with van der Waals surface area (Å²) in [6.45, 7) is -3.69. The normalized spacial score (nSPS) is 31.5. The van der Waals surface area contributed by atoms with Gasteiger partial charge in [0.25, 0.3) is 11.7 Å². The number of terminal acetylenes is 2. The summed E-state index contributed by atoms with van der Waals surface area (Å²) in [7, 11) is -34.9. The Hall–Kier alpha value is -1.96. The second kappa shape index (κ2) is 20.0. The molecule has 0 aliphatic carbocycles. The van der Waals surface area contributed by atoms with E-state index in [-0.39, 0.29) is 0 Å². The lowest BCUT2D eigenvalue weighted by Gasteiger charge is -2.27. The van der Waals surface area contributed by atoms with Gasteiger partial charge in [0.05, 0.1) is 0 Å². The fourth-order valence-corrected chi connectivity index (χ4v) is 11.7. The van der Waals surface area contributed by atoms with Crippen molar-refractivity contribution in [2.24, 2.45) is 0 Å². The standard InChI is InChI=1S/C11H14F2N3O13P3S.C11H13F2N2O13P3S2/c1-2-10(18)7(17)11(13,27-8(10)16-3-5(12)6(14)15-9(16)33)4-26-31(22,23)29-32(24,25)28-30(19,20)21;1-2-10(17)7(16)11(13,26-8(10)15-3-5(12)6(32)14-9(15)33)4-25-30(21,22)28-31(23,24)27-29(18,19)20/h1,3,7-8,17-18H,4H2,(H,22,23)(H,24,25)(H2,14,15,33)(H2,19,20,21);1,3,7-8,16-17H,4H2,(H,21,22)(H,23,24)(H,14,32,33)(H2,18,19,20)/t2*7-,8-,10?,11-/m11/s1. The van der Waals surface area contributed by atoms with Gasteiger partial charge in [-0.25, -0.2) is 45.0 Å². The number of nitrogens with zero attached hydrogens (tertiary/aromatic N) is 3. The summed E-state index contributed by atoms with van der Waals surface area (Å²) in [6, 6.07) is 0. The molecule has 4 heterocycles. The minimum Gasteiger partial charge on any atom is -0.383 e. The number of nitrogens with one attached hydrogen (secondary N) is 1. The Kier molecular flexibility index (Phi) is 17.7. The van der Waals surface area contributed by atoms with Crippen LogP contribution in [-0.4, -0.2) is 127 Å². The van der Waals surface area contributed by atoms with Crippen molar-refractivity contribution >= 4 is 89.4 Å². The highest BCUT2D eigenvalue weighted by atomic mass is 32.1. The van der Waals surface area contributed by atoms with E-state index in [9.17, 15) is 66.4 Å². The van der Waals surface area contributed by atoms with Crippen LogP contribution in [0.25, 0.3) is 0 Å². The van der Waals surface area contributed by atoms with Gasteiger partial charge >= 0.3 is 46.9 Å². The number of rotatable bonds is 16. The molecule has 66 heavy (non-hydrogen) atoms. The van der Waals surface area contributed by atoms with E-state index in [1.807, 2.05) is 0 Å². The summed E-state index contributed by atoms with van der Waals surface area (Å²) in [4.78, 5) is 76.5. The number of phosphoric ester groups is 2. The average molecular weight is 1140 g/mol. The van der Waals surface area contributed by atoms with E-state index in [1.54, 1.807) is 11.8 Å². The summed E-state index contributed by atoms with van der Waals surface area (Å²) in [6.07, 6.45) is 1.40. The van der Waals surface area contributed by atoms with Crippen molar-refractivity contribution in [2.45, 2.75) is 47.6 Å². The molecule has 2 aliphatic heterocycles. The van der Waals surface area contributed by atoms with E-state index < -0.39 is 139 Å². The van der Waals surface area contributed by atoms with Gasteiger partial charge in [-0.1, -0.05) is 24.1 Å². The minimum absolute atomic E-state index is 0.454. The van der Waals surface area contributed by atoms with Crippen LogP contribution >= 0.6 is 83.6 Å². The van der Waals surface area contributed by atoms with Crippen LogP contribution in [0, 0.1) is 50.5 Å². The number of nitrogens with two attached hydrogens (primary N) is 1. The summed E-state index contributed by atoms with van der Waals surface area (Å²) >= 11 is 14.3. The molecule has 2 aromatic heterocycles. The number of aromatic nitrogens is 4. The molecule has 0 bridgehead atoms. The predicted octanol–water partition coefficient (Wildman–Crippen LogP) is 0.274. The molecule has 0 spiro atoms. The number of hydrogen-bond acceptors (Lipinski definition) is 23. The molecule has 0 radical (unpaired) electrons. The van der Waals surface area contributed by atoms with Crippen molar-refractivity contribution in [2.75, 3.05) is 18.9 Å². The lowest BCUT2D eigenvalue weighted by molar-refractivity contribution is -0.204. The van der Waals surface area contributed by atoms with E-state index in [4.69, 9.17) is 81.9 Å². The molecule has 2 fully saturated rings. The molecule has 372 valence electrons. The van der Waals surface area contributed by atoms with E-state index >= 15 is 8.78 Å². The summed E-state index contributed by atoms with van der Waals surface area (Å²) in [5.41, 5.74) is -0.783. The van der Waals surface area contributed by atoms with Crippen LogP contribution < -0.4 is 5.73 Å². The molecule has 0 aromatic carbocycles. The SMILES string of the molecule is C#CC1(O)[C@@H](O)[C@@](F)(COP(=O)(O)OP(=O)(O)OP(=O)(O)O)O[C@H]1n1cc(F)c(=S)[nH]c1=S.C#CC1(O)[C@@H](O)[C@@](F)(COP(=O)(O)OP(=O)(O)OP(=O)(O)O)O[C@H]1n1cc(F)c(N)nc1=S. The monoisotopic (exact) mass is 1130 g/mol. The number of phosphoric acid groups is 6. The first-order valence-electron chi connectivity index (χ1n) is 15.6. The van der Waals surface area contributed by atoms with Crippen molar-refractivity contribution in [3.8, 4) is 24.7 Å². The fraction of sp³-hybridized carbons (Fsp3) is 0.455. The van der Waals surface area contributed by atoms with Crippen LogP contribution in [0.5, 0.6) is 0 Å². The van der Waals surface area contributed by atoms with Gasteiger partial charge in [0.1, 0.15) is 17.9 Å². The Morgan fingerprint density at radius 1 is 0.712 bits per heavy atom. The number of ether oxygens (including phenoxy) is 2. The molecule has 0 amide bonds. The number of halogens is 4. The molecule has 12 atom stereocenters. The Morgan fingerprint density at radius 2 is 1.08 bits per heavy atom. The van der Waals surface area contributed by atoms with Gasteiger partial charge in [-0.3, -0.25) is 18.2 Å². The number of alkyl halides is 2. The van der Waals surface area contributed by atoms with Crippen LogP contribution in [-0.2, 0) is 63.2 Å². The Balaban J connectivity index is 0.000000350. The van der Waals surface area contributed by atoms with Crippen molar-refractivity contribution in [1.82, 2.24) is 19.1 Å². The maximum absolute atomic E-state index is 15.3. The van der Waals surface area contributed by atoms with E-state index in [0.29, 0.717) is 21.5 Å². The molecular formula is C22H27F4N5O26P6S3. The summed E-state index contributed by atoms with van der Waals surface area (Å²) < 4.78 is 157. The molecule has 2 saturated heterocycles. The quantitative estimate of drug-likeness (QED) is 0.0464. The zero-order chi connectivity index (χ0) is 51.2. The van der Waals surface area contributed by atoms with Crippen molar-refractivity contribution in [1.29, 1.82) is 0 Å². The maximum atomic E-state index is 15.3. The summed E-state index contributed by atoms with van der Waals surface area (Å²) in [5, 5.41) is 41.5. The Bertz CT molecular complexity index is 2800. The first kappa shape index (κ1) is 58.4. The number of nitrogen functional groups attached to an aromatic ring is 1. The van der Waals surface area contributed by atoms with Crippen molar-refractivity contribution in [3.05, 3.63) is 38.2 Å². The van der Waals surface area contributed by atoms with Gasteiger partial charge in [-0.05, 0) is 24.4 Å². The van der Waals surface area contributed by atoms with E-state index in [0.717, 1.165) is 0 Å². The zero-order valence-corrected chi connectivity index (χ0v) is 38.8. The zero-order valence-electron chi connectivity index (χ0n) is 31.0. The van der Waals surface area contributed by atoms with E-state index in [1.165, 1.54) is 0 Å². The third-order valence-corrected chi connectivity index (χ3v) is 16.0. The molecule has 15 N–H and O–H groups in total. The molecule has 0 saturated carbocycles. The largest absolute Gasteiger partial charge is 0.490 e. The van der Waals surface area contributed by atoms with Gasteiger partial charge in [0, 0.05) is 12.4 Å². The van der Waals surface area contributed by atoms with Gasteiger partial charge in [0.2, 0.25) is 16.0 Å². The highest BCUT2D eigenvalue weighted by Crippen LogP contribution is 2.68. The van der Waals surface area contributed by atoms with Crippen LogP contribution in [0.2, 0.25) is 0 Å². The molecule has 6 unspecified atom stereocenters. The van der Waals surface area contributed by atoms with Crippen LogP contribution in [0.3, 0.4) is 0 Å². The number of hydrogen-bond donors (Lipinski definition) is 14. The molecule has 2 aliphatic rings. The Morgan fingerprint density at radius 3 is 1.44 bits per heavy atom. The number of H-pyrrole nitrogens is 1. The molecule has 31 nitrogen and oxygen atoms in total. The maximum Gasteiger partial charge on any atom is 0.490 e.